The van der Waals surface area contributed by atoms with Gasteiger partial charge in [-0.1, -0.05) is 12.1 Å². The first-order valence-electron chi connectivity index (χ1n) is 6.69. The highest BCUT2D eigenvalue weighted by molar-refractivity contribution is 6.08. The molecule has 1 aliphatic heterocycles. The summed E-state index contributed by atoms with van der Waals surface area (Å²) in [6.07, 6.45) is 0.846. The Labute approximate surface area is 124 Å². The number of carbonyl (C=O) groups is 2. The fourth-order valence-corrected chi connectivity index (χ4v) is 1.97. The molecule has 0 aromatic heterocycles. The maximum Gasteiger partial charge on any atom is 0.417 e. The van der Waals surface area contributed by atoms with Crippen LogP contribution < -0.4 is 4.74 Å². The average Bonchev–Trinajstić information content (AvgIpc) is 2.79. The number of ether oxygens (including phenoxy) is 2. The Bertz CT molecular complexity index is 581. The summed E-state index contributed by atoms with van der Waals surface area (Å²) in [6, 6.07) is 7.35. The van der Waals surface area contributed by atoms with E-state index >= 15 is 0 Å². The Morgan fingerprint density at radius 3 is 2.33 bits per heavy atom. The molecule has 0 bridgehead atoms. The maximum atomic E-state index is 12.0. The van der Waals surface area contributed by atoms with Crippen LogP contribution in [0.2, 0.25) is 0 Å². The highest BCUT2D eigenvalue weighted by Crippen LogP contribution is 2.25. The van der Waals surface area contributed by atoms with E-state index in [1.165, 1.54) is 6.08 Å². The number of amides is 2. The van der Waals surface area contributed by atoms with Crippen LogP contribution in [0.3, 0.4) is 0 Å². The van der Waals surface area contributed by atoms with Crippen LogP contribution in [0.5, 0.6) is 5.75 Å². The van der Waals surface area contributed by atoms with Gasteiger partial charge in [-0.05, 0) is 44.0 Å². The monoisotopic (exact) mass is 289 g/mol. The Morgan fingerprint density at radius 1 is 1.19 bits per heavy atom. The molecule has 0 radical (unpaired) electrons. The predicted octanol–water partition coefficient (Wildman–Crippen LogP) is 2.86. The number of benzene rings is 1. The third-order valence-corrected chi connectivity index (χ3v) is 2.97. The van der Waals surface area contributed by atoms with E-state index in [0.29, 0.717) is 0 Å². The van der Waals surface area contributed by atoms with Gasteiger partial charge >= 0.3 is 6.09 Å². The van der Waals surface area contributed by atoms with Gasteiger partial charge in [0.05, 0.1) is 13.7 Å². The molecule has 0 fully saturated rings. The highest BCUT2D eigenvalue weighted by Gasteiger charge is 2.31. The number of imide groups is 1. The first-order valence-corrected chi connectivity index (χ1v) is 6.69. The van der Waals surface area contributed by atoms with Crippen molar-refractivity contribution in [3.8, 4) is 5.75 Å². The van der Waals surface area contributed by atoms with E-state index in [0.717, 1.165) is 21.8 Å². The largest absolute Gasteiger partial charge is 0.497 e. The topological polar surface area (TPSA) is 55.8 Å². The summed E-state index contributed by atoms with van der Waals surface area (Å²) in [7, 11) is 1.59. The minimum atomic E-state index is -0.625. The summed E-state index contributed by atoms with van der Waals surface area (Å²) >= 11 is 0. The van der Waals surface area contributed by atoms with Gasteiger partial charge in [0.2, 0.25) is 0 Å². The lowest BCUT2D eigenvalue weighted by Crippen LogP contribution is -2.38. The molecule has 1 aromatic carbocycles. The van der Waals surface area contributed by atoms with E-state index in [4.69, 9.17) is 9.47 Å². The van der Waals surface area contributed by atoms with Crippen molar-refractivity contribution >= 4 is 17.6 Å². The van der Waals surface area contributed by atoms with E-state index in [2.05, 4.69) is 0 Å². The lowest BCUT2D eigenvalue weighted by Gasteiger charge is -2.23. The second-order valence-electron chi connectivity index (χ2n) is 5.80. The van der Waals surface area contributed by atoms with Gasteiger partial charge in [-0.3, -0.25) is 4.79 Å². The lowest BCUT2D eigenvalue weighted by molar-refractivity contribution is -0.123. The van der Waals surface area contributed by atoms with Crippen molar-refractivity contribution in [1.82, 2.24) is 4.90 Å². The minimum absolute atomic E-state index is 0.222. The van der Waals surface area contributed by atoms with Gasteiger partial charge in [0.1, 0.15) is 11.4 Å². The molecule has 1 heterocycles. The van der Waals surface area contributed by atoms with Gasteiger partial charge < -0.3 is 9.47 Å². The summed E-state index contributed by atoms with van der Waals surface area (Å²) in [5.41, 5.74) is 1.05. The van der Waals surface area contributed by atoms with Crippen molar-refractivity contribution in [2.45, 2.75) is 26.4 Å². The Balaban J connectivity index is 2.10. The van der Waals surface area contributed by atoms with Crippen molar-refractivity contribution < 1.29 is 19.1 Å². The minimum Gasteiger partial charge on any atom is -0.497 e. The van der Waals surface area contributed by atoms with E-state index in [1.807, 2.05) is 24.3 Å². The Kier molecular flexibility index (Phi) is 4.02. The first kappa shape index (κ1) is 15.1. The van der Waals surface area contributed by atoms with Crippen LogP contribution in [-0.4, -0.2) is 36.2 Å². The molecule has 0 unspecified atom stereocenters. The molecule has 1 aliphatic rings. The van der Waals surface area contributed by atoms with Gasteiger partial charge in [0.15, 0.2) is 0 Å². The van der Waals surface area contributed by atoms with Gasteiger partial charge in [0, 0.05) is 6.08 Å². The Morgan fingerprint density at radius 2 is 1.81 bits per heavy atom. The number of nitrogens with zero attached hydrogens (tertiary/aromatic N) is 1. The molecule has 1 aromatic rings. The zero-order valence-corrected chi connectivity index (χ0v) is 12.7. The molecule has 2 rings (SSSR count). The van der Waals surface area contributed by atoms with Crippen molar-refractivity contribution in [1.29, 1.82) is 0 Å². The second kappa shape index (κ2) is 5.60. The van der Waals surface area contributed by atoms with Gasteiger partial charge in [0.25, 0.3) is 5.91 Å². The number of hydrogen-bond donors (Lipinski definition) is 0. The summed E-state index contributed by atoms with van der Waals surface area (Å²) in [4.78, 5) is 25.0. The number of methoxy groups -OCH3 is 1. The number of carbonyl (C=O) groups excluding carboxylic acids is 2. The van der Waals surface area contributed by atoms with Crippen molar-refractivity contribution in [3.05, 3.63) is 35.9 Å². The highest BCUT2D eigenvalue weighted by atomic mass is 16.6. The van der Waals surface area contributed by atoms with Gasteiger partial charge in [-0.2, -0.15) is 0 Å². The van der Waals surface area contributed by atoms with Crippen molar-refractivity contribution in [3.63, 3.8) is 0 Å². The average molecular weight is 289 g/mol. The fraction of sp³-hybridized carbons (Fsp3) is 0.375. The molecule has 2 amide bonds. The standard InChI is InChI=1S/C16H19NO4/c1-16(2,3)21-15(19)17-10-12(9-14(17)18)11-5-7-13(20-4)8-6-11/h5-9H,10H2,1-4H3. The lowest BCUT2D eigenvalue weighted by atomic mass is 10.1. The smallest absolute Gasteiger partial charge is 0.417 e. The number of hydrogen-bond acceptors (Lipinski definition) is 4. The zero-order valence-electron chi connectivity index (χ0n) is 12.7. The molecular weight excluding hydrogens is 270 g/mol. The van der Waals surface area contributed by atoms with E-state index in [1.54, 1.807) is 27.9 Å². The molecule has 0 atom stereocenters. The fourth-order valence-electron chi connectivity index (χ4n) is 1.97. The van der Waals surface area contributed by atoms with E-state index in [9.17, 15) is 9.59 Å². The predicted molar refractivity (Wildman–Crippen MR) is 78.9 cm³/mol. The molecular formula is C16H19NO4. The first-order chi connectivity index (χ1) is 9.80. The Hall–Kier alpha value is -2.30. The maximum absolute atomic E-state index is 12.0. The number of rotatable bonds is 2. The normalized spacial score (nSPS) is 15.0. The third-order valence-electron chi connectivity index (χ3n) is 2.97. The van der Waals surface area contributed by atoms with Crippen molar-refractivity contribution in [2.75, 3.05) is 13.7 Å². The molecule has 0 spiro atoms. The van der Waals surface area contributed by atoms with Crippen LogP contribution in [0, 0.1) is 0 Å². The molecule has 0 saturated carbocycles. The quantitative estimate of drug-likeness (QED) is 0.840. The van der Waals surface area contributed by atoms with Crippen LogP contribution in [0.15, 0.2) is 30.3 Å². The van der Waals surface area contributed by atoms with E-state index in [-0.39, 0.29) is 12.5 Å². The third kappa shape index (κ3) is 3.62. The van der Waals surface area contributed by atoms with Crippen LogP contribution in [0.4, 0.5) is 4.79 Å². The van der Waals surface area contributed by atoms with Gasteiger partial charge in [-0.15, -0.1) is 0 Å². The van der Waals surface area contributed by atoms with Crippen LogP contribution in [-0.2, 0) is 9.53 Å². The molecule has 5 nitrogen and oxygen atoms in total. The van der Waals surface area contributed by atoms with E-state index < -0.39 is 11.7 Å². The van der Waals surface area contributed by atoms with Crippen molar-refractivity contribution in [2.24, 2.45) is 0 Å². The van der Waals surface area contributed by atoms with Crippen LogP contribution in [0.1, 0.15) is 26.3 Å². The summed E-state index contributed by atoms with van der Waals surface area (Å²) < 4.78 is 10.3. The second-order valence-corrected chi connectivity index (χ2v) is 5.80. The molecule has 0 N–H and O–H groups in total. The SMILES string of the molecule is COc1ccc(C2=CC(=O)N(C(=O)OC(C)(C)C)C2)cc1. The molecule has 5 heteroatoms. The van der Waals surface area contributed by atoms with Gasteiger partial charge in [-0.25, -0.2) is 9.69 Å². The molecule has 0 saturated heterocycles. The summed E-state index contributed by atoms with van der Waals surface area (Å²) in [5, 5.41) is 0. The molecule has 21 heavy (non-hydrogen) atoms. The zero-order chi connectivity index (χ0) is 15.6. The molecule has 112 valence electrons. The summed E-state index contributed by atoms with van der Waals surface area (Å²) in [5.74, 6) is 0.391. The van der Waals surface area contributed by atoms with Crippen LogP contribution in [0.25, 0.3) is 5.57 Å². The van der Waals surface area contributed by atoms with Crippen LogP contribution >= 0.6 is 0 Å². The summed E-state index contributed by atoms with van der Waals surface area (Å²) in [6.45, 7) is 5.52. The molecule has 0 aliphatic carbocycles.